The van der Waals surface area contributed by atoms with E-state index in [-0.39, 0.29) is 5.91 Å². The summed E-state index contributed by atoms with van der Waals surface area (Å²) in [5.74, 6) is -0.371. The van der Waals surface area contributed by atoms with Crippen LogP contribution in [0.25, 0.3) is 10.8 Å². The summed E-state index contributed by atoms with van der Waals surface area (Å²) in [7, 11) is 0. The average molecular weight is 310 g/mol. The van der Waals surface area contributed by atoms with E-state index in [9.17, 15) is 4.79 Å². The van der Waals surface area contributed by atoms with E-state index in [2.05, 4.69) is 12.2 Å². The maximum Gasteiger partial charge on any atom is 0.261 e. The molecule has 0 fully saturated rings. The molecule has 2 rings (SSSR count). The first-order valence-electron chi connectivity index (χ1n) is 6.71. The van der Waals surface area contributed by atoms with Gasteiger partial charge < -0.3 is 5.32 Å². The highest BCUT2D eigenvalue weighted by Gasteiger charge is 2.35. The maximum atomic E-state index is 12.1. The van der Waals surface area contributed by atoms with Gasteiger partial charge in [0.1, 0.15) is 0 Å². The minimum Gasteiger partial charge on any atom is -0.353 e. The molecule has 1 N–H and O–H groups in total. The molecule has 2 aromatic rings. The lowest BCUT2D eigenvalue weighted by molar-refractivity contribution is -0.121. The molecule has 0 aromatic heterocycles. The Hall–Kier alpha value is -1.25. The first-order chi connectivity index (χ1) is 9.55. The molecule has 2 aromatic carbocycles. The summed E-state index contributed by atoms with van der Waals surface area (Å²) in [6.07, 6.45) is 1.92. The Balaban J connectivity index is 2.24. The second-order valence-corrected chi connectivity index (χ2v) is 6.07. The van der Waals surface area contributed by atoms with E-state index >= 15 is 0 Å². The monoisotopic (exact) mass is 309 g/mol. The lowest BCUT2D eigenvalue weighted by Gasteiger charge is -2.20. The number of carbonyl (C=O) groups excluding carboxylic acids is 1. The van der Waals surface area contributed by atoms with Gasteiger partial charge in [0, 0.05) is 6.54 Å². The topological polar surface area (TPSA) is 29.1 Å². The lowest BCUT2D eigenvalue weighted by Crippen LogP contribution is -2.37. The Bertz CT molecular complexity index is 610. The van der Waals surface area contributed by atoms with Crippen LogP contribution in [-0.4, -0.2) is 12.5 Å². The van der Waals surface area contributed by atoms with Crippen molar-refractivity contribution in [1.29, 1.82) is 0 Å². The fourth-order valence-electron chi connectivity index (χ4n) is 2.01. The van der Waals surface area contributed by atoms with Crippen molar-refractivity contribution in [3.8, 4) is 0 Å². The van der Waals surface area contributed by atoms with Crippen molar-refractivity contribution in [2.75, 3.05) is 6.54 Å². The first-order valence-corrected chi connectivity index (χ1v) is 7.46. The molecule has 0 aliphatic rings. The predicted molar refractivity (Wildman–Crippen MR) is 85.2 cm³/mol. The van der Waals surface area contributed by atoms with Crippen molar-refractivity contribution in [1.82, 2.24) is 5.32 Å². The van der Waals surface area contributed by atoms with Crippen LogP contribution in [0.3, 0.4) is 0 Å². The quantitative estimate of drug-likeness (QED) is 0.644. The van der Waals surface area contributed by atoms with Crippen LogP contribution in [0.1, 0.15) is 25.3 Å². The Morgan fingerprint density at radius 2 is 1.85 bits per heavy atom. The number of carbonyl (C=O) groups is 1. The zero-order valence-corrected chi connectivity index (χ0v) is 12.8. The highest BCUT2D eigenvalue weighted by atomic mass is 35.5. The Morgan fingerprint density at radius 1 is 1.15 bits per heavy atom. The third-order valence-corrected chi connectivity index (χ3v) is 3.99. The molecule has 0 bridgehead atoms. The molecule has 0 aliphatic heterocycles. The molecule has 0 atom stereocenters. The molecular weight excluding hydrogens is 293 g/mol. The Morgan fingerprint density at radius 3 is 2.55 bits per heavy atom. The van der Waals surface area contributed by atoms with Crippen LogP contribution in [-0.2, 0) is 9.13 Å². The number of halogens is 2. The van der Waals surface area contributed by atoms with Gasteiger partial charge >= 0.3 is 0 Å². The number of alkyl halides is 2. The molecule has 0 saturated carbocycles. The van der Waals surface area contributed by atoms with Crippen molar-refractivity contribution < 1.29 is 4.79 Å². The van der Waals surface area contributed by atoms with Crippen LogP contribution in [0, 0.1) is 0 Å². The van der Waals surface area contributed by atoms with Crippen LogP contribution >= 0.6 is 23.2 Å². The Labute approximate surface area is 129 Å². The zero-order chi connectivity index (χ0) is 14.6. The number of hydrogen-bond donors (Lipinski definition) is 1. The molecule has 0 aliphatic carbocycles. The molecule has 2 nitrogen and oxygen atoms in total. The van der Waals surface area contributed by atoms with Crippen molar-refractivity contribution in [2.24, 2.45) is 0 Å². The van der Waals surface area contributed by atoms with Crippen LogP contribution in [0.15, 0.2) is 42.5 Å². The number of benzene rings is 2. The molecule has 20 heavy (non-hydrogen) atoms. The van der Waals surface area contributed by atoms with Gasteiger partial charge in [0.05, 0.1) is 0 Å². The Kier molecular flexibility index (Phi) is 4.90. The largest absolute Gasteiger partial charge is 0.353 e. The van der Waals surface area contributed by atoms with Crippen molar-refractivity contribution in [3.05, 3.63) is 48.0 Å². The van der Waals surface area contributed by atoms with E-state index < -0.39 is 4.33 Å². The minimum atomic E-state index is -1.56. The van der Waals surface area contributed by atoms with E-state index in [1.165, 1.54) is 0 Å². The fraction of sp³-hybridized carbons (Fsp3) is 0.312. The third kappa shape index (κ3) is 3.25. The zero-order valence-electron chi connectivity index (χ0n) is 11.3. The number of hydrogen-bond acceptors (Lipinski definition) is 1. The summed E-state index contributed by atoms with van der Waals surface area (Å²) in [4.78, 5) is 12.1. The summed E-state index contributed by atoms with van der Waals surface area (Å²) in [6, 6.07) is 13.5. The molecule has 0 radical (unpaired) electrons. The molecular formula is C16H17Cl2NO. The van der Waals surface area contributed by atoms with Crippen molar-refractivity contribution in [2.45, 2.75) is 24.1 Å². The smallest absolute Gasteiger partial charge is 0.261 e. The number of rotatable bonds is 5. The summed E-state index contributed by atoms with van der Waals surface area (Å²) >= 11 is 12.5. The van der Waals surface area contributed by atoms with Gasteiger partial charge in [-0.2, -0.15) is 0 Å². The van der Waals surface area contributed by atoms with E-state index in [0.29, 0.717) is 12.1 Å². The number of nitrogens with one attached hydrogen (secondary N) is 1. The van der Waals surface area contributed by atoms with Crippen LogP contribution in [0.5, 0.6) is 0 Å². The summed E-state index contributed by atoms with van der Waals surface area (Å²) in [5.41, 5.74) is 0.591. The molecule has 4 heteroatoms. The van der Waals surface area contributed by atoms with E-state index in [1.807, 2.05) is 36.4 Å². The van der Waals surface area contributed by atoms with Gasteiger partial charge in [-0.3, -0.25) is 4.79 Å². The van der Waals surface area contributed by atoms with E-state index in [4.69, 9.17) is 23.2 Å². The van der Waals surface area contributed by atoms with Gasteiger partial charge in [0.2, 0.25) is 4.33 Å². The first kappa shape index (κ1) is 15.1. The van der Waals surface area contributed by atoms with Gasteiger partial charge in [0.15, 0.2) is 0 Å². The minimum absolute atomic E-state index is 0.371. The van der Waals surface area contributed by atoms with Crippen molar-refractivity contribution >= 4 is 39.9 Å². The van der Waals surface area contributed by atoms with Gasteiger partial charge in [-0.15, -0.1) is 0 Å². The highest BCUT2D eigenvalue weighted by Crippen LogP contribution is 2.35. The third-order valence-electron chi connectivity index (χ3n) is 3.21. The van der Waals surface area contributed by atoms with Crippen LogP contribution in [0.2, 0.25) is 0 Å². The number of fused-ring (bicyclic) bond motifs is 1. The standard InChI is InChI=1S/C16H17Cl2NO/c1-2-3-10-19-15(20)16(17,18)14-9-8-12-6-4-5-7-13(12)11-14/h4-9,11H,2-3,10H2,1H3,(H,19,20). The molecule has 0 heterocycles. The van der Waals surface area contributed by atoms with E-state index in [1.54, 1.807) is 6.07 Å². The SMILES string of the molecule is CCCCNC(=O)C(Cl)(Cl)c1ccc2ccccc2c1. The number of amides is 1. The predicted octanol–water partition coefficient (Wildman–Crippen LogP) is 4.39. The average Bonchev–Trinajstić information content (AvgIpc) is 2.46. The molecule has 1 amide bonds. The second-order valence-electron chi connectivity index (χ2n) is 4.75. The molecule has 106 valence electrons. The van der Waals surface area contributed by atoms with Crippen molar-refractivity contribution in [3.63, 3.8) is 0 Å². The van der Waals surface area contributed by atoms with Gasteiger partial charge in [-0.25, -0.2) is 0 Å². The fourth-order valence-corrected chi connectivity index (χ4v) is 2.37. The molecule has 0 saturated heterocycles. The van der Waals surface area contributed by atoms with Gasteiger partial charge in [0.25, 0.3) is 5.91 Å². The number of unbranched alkanes of at least 4 members (excludes halogenated alkanes) is 1. The lowest BCUT2D eigenvalue weighted by atomic mass is 10.0. The summed E-state index contributed by atoms with van der Waals surface area (Å²) in [6.45, 7) is 2.65. The van der Waals surface area contributed by atoms with Crippen LogP contribution < -0.4 is 5.32 Å². The summed E-state index contributed by atoms with van der Waals surface area (Å²) in [5, 5.41) is 4.87. The maximum absolute atomic E-state index is 12.1. The van der Waals surface area contributed by atoms with Gasteiger partial charge in [-0.05, 0) is 28.8 Å². The van der Waals surface area contributed by atoms with Gasteiger partial charge in [-0.1, -0.05) is 72.9 Å². The summed E-state index contributed by atoms with van der Waals surface area (Å²) < 4.78 is -1.56. The van der Waals surface area contributed by atoms with E-state index in [0.717, 1.165) is 23.6 Å². The molecule has 0 spiro atoms. The normalized spacial score (nSPS) is 11.6. The molecule has 0 unspecified atom stereocenters. The second kappa shape index (κ2) is 6.47. The van der Waals surface area contributed by atoms with Crippen LogP contribution in [0.4, 0.5) is 0 Å². The highest BCUT2D eigenvalue weighted by molar-refractivity contribution is 6.57.